The number of piperidine rings is 1. The fourth-order valence-corrected chi connectivity index (χ4v) is 4.10. The Balaban J connectivity index is 0.00000300. The summed E-state index contributed by atoms with van der Waals surface area (Å²) in [5.41, 5.74) is 1.09. The van der Waals surface area contributed by atoms with Crippen molar-refractivity contribution in [3.63, 3.8) is 0 Å². The van der Waals surface area contributed by atoms with Crippen molar-refractivity contribution in [2.45, 2.75) is 39.2 Å². The van der Waals surface area contributed by atoms with E-state index in [0.717, 1.165) is 31.6 Å². The Morgan fingerprint density at radius 1 is 1.10 bits per heavy atom. The molecule has 3 rings (SSSR count). The van der Waals surface area contributed by atoms with Gasteiger partial charge in [0, 0.05) is 32.1 Å². The first-order valence-electron chi connectivity index (χ1n) is 10.0. The lowest BCUT2D eigenvalue weighted by Crippen LogP contribution is -2.52. The number of halogens is 3. The molecule has 0 aliphatic carbocycles. The Labute approximate surface area is 178 Å². The van der Waals surface area contributed by atoms with E-state index in [1.165, 1.54) is 12.1 Å². The smallest absolute Gasteiger partial charge is 0.227 e. The summed E-state index contributed by atoms with van der Waals surface area (Å²) in [6.07, 6.45) is 1.78. The number of benzene rings is 2. The molecule has 0 radical (unpaired) electrons. The molecule has 0 spiro atoms. The largest absolute Gasteiger partial charge is 0.306 e. The zero-order chi connectivity index (χ0) is 20.1. The molecule has 29 heavy (non-hydrogen) atoms. The summed E-state index contributed by atoms with van der Waals surface area (Å²) in [7, 11) is 0. The van der Waals surface area contributed by atoms with E-state index < -0.39 is 0 Å². The molecule has 0 saturated carbocycles. The van der Waals surface area contributed by atoms with Gasteiger partial charge in [-0.15, -0.1) is 12.4 Å². The van der Waals surface area contributed by atoms with Gasteiger partial charge in [0.15, 0.2) is 0 Å². The second-order valence-corrected chi connectivity index (χ2v) is 7.54. The minimum absolute atomic E-state index is 0. The number of rotatable bonds is 6. The predicted octanol–water partition coefficient (Wildman–Crippen LogP) is 5.08. The van der Waals surface area contributed by atoms with Crippen molar-refractivity contribution >= 4 is 24.0 Å². The summed E-state index contributed by atoms with van der Waals surface area (Å²) in [6.45, 7) is 6.31. The summed E-state index contributed by atoms with van der Waals surface area (Å²) < 4.78 is 28.2. The first-order chi connectivity index (χ1) is 13.5. The van der Waals surface area contributed by atoms with Gasteiger partial charge in [0.1, 0.15) is 11.6 Å². The van der Waals surface area contributed by atoms with Crippen LogP contribution in [0.15, 0.2) is 48.5 Å². The van der Waals surface area contributed by atoms with Crippen LogP contribution in [0.2, 0.25) is 0 Å². The van der Waals surface area contributed by atoms with Crippen LogP contribution in [-0.2, 0) is 11.2 Å². The molecule has 2 aromatic carbocycles. The summed E-state index contributed by atoms with van der Waals surface area (Å²) in [5.74, 6) is -0.380. The number of amides is 1. The van der Waals surface area contributed by atoms with Crippen LogP contribution in [0.25, 0.3) is 0 Å². The van der Waals surface area contributed by atoms with E-state index in [-0.39, 0.29) is 41.9 Å². The quantitative estimate of drug-likeness (QED) is 0.647. The van der Waals surface area contributed by atoms with Gasteiger partial charge in [0.2, 0.25) is 5.91 Å². The second kappa shape index (κ2) is 10.7. The van der Waals surface area contributed by atoms with Crippen molar-refractivity contribution in [2.24, 2.45) is 5.92 Å². The van der Waals surface area contributed by atoms with E-state index in [1.54, 1.807) is 29.2 Å². The highest BCUT2D eigenvalue weighted by atomic mass is 35.5. The lowest BCUT2D eigenvalue weighted by Gasteiger charge is -2.42. The number of hydrogen-bond acceptors (Lipinski definition) is 2. The standard InChI is InChI=1S/C23H28F2N2O.ClH/c1-3-23(28)27(22-11-7-6-10-20(22)25)21-13-15-26(16-17(21)2)14-12-18-8-4-5-9-19(18)24;/h4-11,17,21H,3,12-16H2,1-2H3;1H/t17-,21-;/m0./s1. The van der Waals surface area contributed by atoms with E-state index in [2.05, 4.69) is 11.8 Å². The Bertz CT molecular complexity index is 817. The van der Waals surface area contributed by atoms with Crippen molar-refractivity contribution in [1.29, 1.82) is 0 Å². The summed E-state index contributed by atoms with van der Waals surface area (Å²) >= 11 is 0. The molecule has 3 nitrogen and oxygen atoms in total. The number of carbonyl (C=O) groups is 1. The van der Waals surface area contributed by atoms with E-state index in [9.17, 15) is 13.6 Å². The van der Waals surface area contributed by atoms with Crippen LogP contribution in [-0.4, -0.2) is 36.5 Å². The maximum Gasteiger partial charge on any atom is 0.227 e. The molecule has 1 amide bonds. The Kier molecular flexibility index (Phi) is 8.60. The molecule has 0 bridgehead atoms. The third-order valence-corrected chi connectivity index (χ3v) is 5.61. The van der Waals surface area contributed by atoms with Gasteiger partial charge in [-0.3, -0.25) is 4.79 Å². The summed E-state index contributed by atoms with van der Waals surface area (Å²) in [4.78, 5) is 16.6. The highest BCUT2D eigenvalue weighted by Crippen LogP contribution is 2.30. The van der Waals surface area contributed by atoms with Gasteiger partial charge in [-0.1, -0.05) is 44.2 Å². The number of nitrogens with zero attached hydrogens (tertiary/aromatic N) is 2. The van der Waals surface area contributed by atoms with Crippen molar-refractivity contribution in [3.8, 4) is 0 Å². The maximum atomic E-state index is 14.4. The van der Waals surface area contributed by atoms with Gasteiger partial charge in [-0.05, 0) is 42.5 Å². The Hall–Kier alpha value is -1.98. The van der Waals surface area contributed by atoms with Crippen LogP contribution in [0.3, 0.4) is 0 Å². The van der Waals surface area contributed by atoms with Gasteiger partial charge >= 0.3 is 0 Å². The van der Waals surface area contributed by atoms with E-state index in [4.69, 9.17) is 0 Å². The monoisotopic (exact) mass is 422 g/mol. The molecule has 2 aromatic rings. The highest BCUT2D eigenvalue weighted by Gasteiger charge is 2.34. The number of hydrogen-bond donors (Lipinski definition) is 0. The molecule has 1 heterocycles. The molecular formula is C23H29ClF2N2O. The molecule has 1 aliphatic rings. The van der Waals surface area contributed by atoms with Gasteiger partial charge in [-0.25, -0.2) is 8.78 Å². The van der Waals surface area contributed by atoms with Crippen LogP contribution in [0.5, 0.6) is 0 Å². The third kappa shape index (κ3) is 5.55. The lowest BCUT2D eigenvalue weighted by atomic mass is 9.91. The molecule has 1 fully saturated rings. The Morgan fingerprint density at radius 3 is 2.38 bits per heavy atom. The van der Waals surface area contributed by atoms with Gasteiger partial charge in [0.05, 0.1) is 5.69 Å². The first kappa shape index (κ1) is 23.3. The summed E-state index contributed by atoms with van der Waals surface area (Å²) in [6, 6.07) is 13.3. The van der Waals surface area contributed by atoms with Crippen LogP contribution in [0.4, 0.5) is 14.5 Å². The first-order valence-corrected chi connectivity index (χ1v) is 10.0. The number of likely N-dealkylation sites (tertiary alicyclic amines) is 1. The molecule has 1 saturated heterocycles. The van der Waals surface area contributed by atoms with E-state index in [1.807, 2.05) is 19.1 Å². The molecule has 0 unspecified atom stereocenters. The zero-order valence-electron chi connectivity index (χ0n) is 17.0. The molecule has 6 heteroatoms. The fourth-order valence-electron chi connectivity index (χ4n) is 4.10. The molecule has 2 atom stereocenters. The second-order valence-electron chi connectivity index (χ2n) is 7.54. The molecule has 0 N–H and O–H groups in total. The van der Waals surface area contributed by atoms with Crippen LogP contribution in [0.1, 0.15) is 32.3 Å². The topological polar surface area (TPSA) is 23.6 Å². The normalized spacial score (nSPS) is 19.4. The molecular weight excluding hydrogens is 394 g/mol. The maximum absolute atomic E-state index is 14.4. The average molecular weight is 423 g/mol. The SMILES string of the molecule is CCC(=O)N(c1ccccc1F)[C@H]1CCN(CCc2ccccc2F)C[C@@H]1C.Cl. The number of carbonyl (C=O) groups excluding carboxylic acids is 1. The minimum Gasteiger partial charge on any atom is -0.306 e. The van der Waals surface area contributed by atoms with Gasteiger partial charge < -0.3 is 9.80 Å². The van der Waals surface area contributed by atoms with Crippen molar-refractivity contribution in [2.75, 3.05) is 24.5 Å². The predicted molar refractivity (Wildman–Crippen MR) is 116 cm³/mol. The van der Waals surface area contributed by atoms with Gasteiger partial charge in [0.25, 0.3) is 0 Å². The minimum atomic E-state index is -0.363. The molecule has 0 aromatic heterocycles. The third-order valence-electron chi connectivity index (χ3n) is 5.61. The lowest BCUT2D eigenvalue weighted by molar-refractivity contribution is -0.119. The van der Waals surface area contributed by atoms with Crippen molar-refractivity contribution < 1.29 is 13.6 Å². The fraction of sp³-hybridized carbons (Fsp3) is 0.435. The molecule has 1 aliphatic heterocycles. The highest BCUT2D eigenvalue weighted by molar-refractivity contribution is 5.94. The Morgan fingerprint density at radius 2 is 1.76 bits per heavy atom. The zero-order valence-corrected chi connectivity index (χ0v) is 17.8. The van der Waals surface area contributed by atoms with E-state index in [0.29, 0.717) is 18.5 Å². The number of anilines is 1. The van der Waals surface area contributed by atoms with Crippen molar-refractivity contribution in [1.82, 2.24) is 4.90 Å². The van der Waals surface area contributed by atoms with Crippen LogP contribution < -0.4 is 4.90 Å². The summed E-state index contributed by atoms with van der Waals surface area (Å²) in [5, 5.41) is 0. The van der Waals surface area contributed by atoms with Crippen LogP contribution in [0, 0.1) is 17.6 Å². The van der Waals surface area contributed by atoms with Crippen molar-refractivity contribution in [3.05, 3.63) is 65.7 Å². The number of para-hydroxylation sites is 1. The van der Waals surface area contributed by atoms with Crippen LogP contribution >= 0.6 is 12.4 Å². The average Bonchev–Trinajstić information content (AvgIpc) is 2.70. The van der Waals surface area contributed by atoms with E-state index >= 15 is 0 Å². The van der Waals surface area contributed by atoms with Gasteiger partial charge in [-0.2, -0.15) is 0 Å². The molecule has 158 valence electrons.